The Bertz CT molecular complexity index is 404. The molecule has 4 nitrogen and oxygen atoms in total. The van der Waals surface area contributed by atoms with E-state index in [4.69, 9.17) is 9.47 Å². The molecule has 0 radical (unpaired) electrons. The van der Waals surface area contributed by atoms with Crippen LogP contribution >= 0.6 is 0 Å². The Morgan fingerprint density at radius 3 is 2.42 bits per heavy atom. The minimum absolute atomic E-state index is 0.260. The Hall–Kier alpha value is -1.47. The molecule has 108 valence electrons. The molecule has 1 unspecified atom stereocenters. The van der Waals surface area contributed by atoms with Crippen LogP contribution in [0.5, 0.6) is 11.5 Å². The van der Waals surface area contributed by atoms with Crippen molar-refractivity contribution in [2.24, 2.45) is 0 Å². The van der Waals surface area contributed by atoms with Gasteiger partial charge >= 0.3 is 6.36 Å². The second-order valence-corrected chi connectivity index (χ2v) is 3.73. The van der Waals surface area contributed by atoms with Crippen LogP contribution < -0.4 is 9.47 Å². The SMILES string of the molecule is COc1cc(C(C)O)ccc1OCCOC(F)(F)F. The number of alkyl halides is 3. The summed E-state index contributed by atoms with van der Waals surface area (Å²) < 4.78 is 49.0. The molecule has 0 heterocycles. The molecule has 1 aromatic rings. The van der Waals surface area contributed by atoms with Gasteiger partial charge in [-0.2, -0.15) is 0 Å². The van der Waals surface area contributed by atoms with E-state index in [0.717, 1.165) is 0 Å². The zero-order valence-electron chi connectivity index (χ0n) is 10.5. The summed E-state index contributed by atoms with van der Waals surface area (Å²) in [5, 5.41) is 9.40. The van der Waals surface area contributed by atoms with E-state index in [-0.39, 0.29) is 12.4 Å². The largest absolute Gasteiger partial charge is 0.522 e. The first-order valence-corrected chi connectivity index (χ1v) is 5.53. The van der Waals surface area contributed by atoms with Gasteiger partial charge in [0.1, 0.15) is 6.61 Å². The van der Waals surface area contributed by atoms with E-state index >= 15 is 0 Å². The third kappa shape index (κ3) is 5.35. The molecule has 1 N–H and O–H groups in total. The van der Waals surface area contributed by atoms with Gasteiger partial charge in [0.2, 0.25) is 0 Å². The minimum Gasteiger partial charge on any atom is -0.493 e. The molecule has 0 amide bonds. The van der Waals surface area contributed by atoms with Crippen molar-refractivity contribution in [1.82, 2.24) is 0 Å². The van der Waals surface area contributed by atoms with Crippen molar-refractivity contribution in [3.05, 3.63) is 23.8 Å². The Morgan fingerprint density at radius 2 is 1.89 bits per heavy atom. The molecule has 0 aliphatic heterocycles. The van der Waals surface area contributed by atoms with E-state index in [0.29, 0.717) is 11.3 Å². The van der Waals surface area contributed by atoms with E-state index in [9.17, 15) is 18.3 Å². The van der Waals surface area contributed by atoms with Crippen molar-refractivity contribution < 1.29 is 32.5 Å². The number of halogens is 3. The first kappa shape index (κ1) is 15.6. The fourth-order valence-corrected chi connectivity index (χ4v) is 1.37. The first-order valence-electron chi connectivity index (χ1n) is 5.53. The lowest BCUT2D eigenvalue weighted by Gasteiger charge is -2.13. The maximum atomic E-state index is 11.7. The number of ether oxygens (including phenoxy) is 3. The lowest BCUT2D eigenvalue weighted by Crippen LogP contribution is -2.18. The van der Waals surface area contributed by atoms with Crippen molar-refractivity contribution in [3.8, 4) is 11.5 Å². The summed E-state index contributed by atoms with van der Waals surface area (Å²) in [6.07, 6.45) is -5.33. The molecular weight excluding hydrogens is 265 g/mol. The highest BCUT2D eigenvalue weighted by molar-refractivity contribution is 5.43. The van der Waals surface area contributed by atoms with Crippen LogP contribution in [-0.2, 0) is 4.74 Å². The van der Waals surface area contributed by atoms with Crippen LogP contribution in [-0.4, -0.2) is 31.8 Å². The highest BCUT2D eigenvalue weighted by atomic mass is 19.4. The first-order chi connectivity index (χ1) is 8.83. The van der Waals surface area contributed by atoms with E-state index in [2.05, 4.69) is 4.74 Å². The summed E-state index contributed by atoms with van der Waals surface area (Å²) in [6.45, 7) is 0.723. The number of methoxy groups -OCH3 is 1. The van der Waals surface area contributed by atoms with Crippen LogP contribution in [0, 0.1) is 0 Å². The fraction of sp³-hybridized carbons (Fsp3) is 0.500. The van der Waals surface area contributed by atoms with Crippen molar-refractivity contribution in [2.45, 2.75) is 19.4 Å². The molecule has 0 saturated heterocycles. The van der Waals surface area contributed by atoms with Crippen molar-refractivity contribution in [2.75, 3.05) is 20.3 Å². The third-order valence-electron chi connectivity index (χ3n) is 2.28. The molecule has 1 rings (SSSR count). The van der Waals surface area contributed by atoms with Gasteiger partial charge < -0.3 is 14.6 Å². The molecule has 1 atom stereocenters. The second-order valence-electron chi connectivity index (χ2n) is 3.73. The Labute approximate surface area is 108 Å². The number of rotatable bonds is 6. The highest BCUT2D eigenvalue weighted by Gasteiger charge is 2.28. The molecule has 0 spiro atoms. The van der Waals surface area contributed by atoms with Crippen LogP contribution in [0.3, 0.4) is 0 Å². The molecule has 0 aromatic heterocycles. The van der Waals surface area contributed by atoms with Crippen molar-refractivity contribution >= 4 is 0 Å². The van der Waals surface area contributed by atoms with Crippen LogP contribution in [0.2, 0.25) is 0 Å². The fourth-order valence-electron chi connectivity index (χ4n) is 1.37. The molecule has 0 saturated carbocycles. The number of aliphatic hydroxyl groups excluding tert-OH is 1. The number of hydrogen-bond donors (Lipinski definition) is 1. The molecule has 7 heteroatoms. The van der Waals surface area contributed by atoms with Gasteiger partial charge in [0, 0.05) is 0 Å². The molecule has 0 aliphatic rings. The van der Waals surface area contributed by atoms with Gasteiger partial charge in [-0.1, -0.05) is 6.07 Å². The molecule has 1 aromatic carbocycles. The highest BCUT2D eigenvalue weighted by Crippen LogP contribution is 2.30. The Morgan fingerprint density at radius 1 is 1.21 bits per heavy atom. The van der Waals surface area contributed by atoms with Crippen LogP contribution in [0.15, 0.2) is 18.2 Å². The summed E-state index contributed by atoms with van der Waals surface area (Å²) in [5.74, 6) is 0.628. The number of aliphatic hydroxyl groups is 1. The van der Waals surface area contributed by atoms with Gasteiger partial charge in [0.15, 0.2) is 11.5 Å². The summed E-state index contributed by atoms with van der Waals surface area (Å²) in [5.41, 5.74) is 0.621. The van der Waals surface area contributed by atoms with Gasteiger partial charge in [-0.25, -0.2) is 0 Å². The zero-order chi connectivity index (χ0) is 14.5. The maximum Gasteiger partial charge on any atom is 0.522 e. The molecule has 19 heavy (non-hydrogen) atoms. The Balaban J connectivity index is 2.58. The summed E-state index contributed by atoms with van der Waals surface area (Å²) in [6, 6.07) is 4.69. The van der Waals surface area contributed by atoms with E-state index in [1.165, 1.54) is 13.2 Å². The summed E-state index contributed by atoms with van der Waals surface area (Å²) in [4.78, 5) is 0. The Kier molecular flexibility index (Phi) is 5.44. The third-order valence-corrected chi connectivity index (χ3v) is 2.28. The van der Waals surface area contributed by atoms with Crippen LogP contribution in [0.1, 0.15) is 18.6 Å². The molecule has 0 aliphatic carbocycles. The second kappa shape index (κ2) is 6.63. The topological polar surface area (TPSA) is 47.9 Å². The van der Waals surface area contributed by atoms with Crippen LogP contribution in [0.4, 0.5) is 13.2 Å². The average Bonchev–Trinajstić information content (AvgIpc) is 2.33. The van der Waals surface area contributed by atoms with E-state index < -0.39 is 19.1 Å². The van der Waals surface area contributed by atoms with Gasteiger partial charge in [0.25, 0.3) is 0 Å². The molecular formula is C12H15F3O4. The lowest BCUT2D eigenvalue weighted by molar-refractivity contribution is -0.325. The monoisotopic (exact) mass is 280 g/mol. The van der Waals surface area contributed by atoms with E-state index in [1.807, 2.05) is 0 Å². The number of hydrogen-bond acceptors (Lipinski definition) is 4. The van der Waals surface area contributed by atoms with Gasteiger partial charge in [-0.3, -0.25) is 4.74 Å². The average molecular weight is 280 g/mol. The predicted octanol–water partition coefficient (Wildman–Crippen LogP) is 2.66. The lowest BCUT2D eigenvalue weighted by atomic mass is 10.1. The zero-order valence-corrected chi connectivity index (χ0v) is 10.5. The van der Waals surface area contributed by atoms with Crippen LogP contribution in [0.25, 0.3) is 0 Å². The van der Waals surface area contributed by atoms with Gasteiger partial charge in [-0.15, -0.1) is 13.2 Å². The summed E-state index contributed by atoms with van der Waals surface area (Å²) in [7, 11) is 1.40. The predicted molar refractivity (Wildman–Crippen MR) is 61.1 cm³/mol. The van der Waals surface area contributed by atoms with Crippen molar-refractivity contribution in [3.63, 3.8) is 0 Å². The van der Waals surface area contributed by atoms with E-state index in [1.54, 1.807) is 19.1 Å². The quantitative estimate of drug-likeness (QED) is 0.814. The summed E-state index contributed by atoms with van der Waals surface area (Å²) >= 11 is 0. The normalized spacial score (nSPS) is 13.2. The smallest absolute Gasteiger partial charge is 0.493 e. The molecule has 0 bridgehead atoms. The minimum atomic E-state index is -4.66. The maximum absolute atomic E-state index is 11.7. The molecule has 0 fully saturated rings. The standard InChI is InChI=1S/C12H15F3O4/c1-8(16)9-3-4-10(11(7-9)17-2)18-5-6-19-12(13,14)15/h3-4,7-8,16H,5-6H2,1-2H3. The van der Waals surface area contributed by atoms with Crippen molar-refractivity contribution in [1.29, 1.82) is 0 Å². The van der Waals surface area contributed by atoms with Gasteiger partial charge in [-0.05, 0) is 24.6 Å². The number of benzene rings is 1. The van der Waals surface area contributed by atoms with Gasteiger partial charge in [0.05, 0.1) is 19.8 Å².